The van der Waals surface area contributed by atoms with Gasteiger partial charge in [0, 0.05) is 25.6 Å². The summed E-state index contributed by atoms with van der Waals surface area (Å²) in [7, 11) is 0. The van der Waals surface area contributed by atoms with Crippen LogP contribution >= 0.6 is 0 Å². The number of benzene rings is 1. The van der Waals surface area contributed by atoms with Crippen molar-refractivity contribution in [3.63, 3.8) is 0 Å². The molecule has 110 valence electrons. The highest BCUT2D eigenvalue weighted by Gasteiger charge is 2.33. The number of nitrogens with zero attached hydrogens (tertiary/aromatic N) is 2. The van der Waals surface area contributed by atoms with E-state index in [4.69, 9.17) is 5.26 Å². The first-order chi connectivity index (χ1) is 10.3. The molecular formula is C17H21N3O. The maximum absolute atomic E-state index is 12.1. The Morgan fingerprint density at radius 2 is 2.05 bits per heavy atom. The Labute approximate surface area is 125 Å². The molecule has 4 heteroatoms. The molecule has 4 nitrogen and oxygen atoms in total. The molecule has 0 bridgehead atoms. The summed E-state index contributed by atoms with van der Waals surface area (Å²) < 4.78 is 0. The number of nitriles is 1. The van der Waals surface area contributed by atoms with Crippen molar-refractivity contribution in [2.75, 3.05) is 18.4 Å². The minimum atomic E-state index is -0.000790. The number of para-hydroxylation sites is 1. The number of hydrogen-bond donors (Lipinski definition) is 1. The van der Waals surface area contributed by atoms with Gasteiger partial charge < -0.3 is 5.32 Å². The Hall–Kier alpha value is -1.86. The molecule has 1 aromatic carbocycles. The minimum absolute atomic E-state index is 0.000790. The van der Waals surface area contributed by atoms with Crippen molar-refractivity contribution in [1.29, 1.82) is 5.26 Å². The Kier molecular flexibility index (Phi) is 4.21. The zero-order valence-corrected chi connectivity index (χ0v) is 12.2. The lowest BCUT2D eigenvalue weighted by molar-refractivity contribution is -0.116. The molecule has 2 saturated carbocycles. The van der Waals surface area contributed by atoms with Crippen LogP contribution in [0.1, 0.15) is 37.7 Å². The Balaban J connectivity index is 1.50. The number of carbonyl (C=O) groups is 1. The molecule has 1 aromatic rings. The van der Waals surface area contributed by atoms with Gasteiger partial charge >= 0.3 is 0 Å². The zero-order chi connectivity index (χ0) is 14.7. The van der Waals surface area contributed by atoms with Crippen LogP contribution in [0.4, 0.5) is 5.69 Å². The predicted octanol–water partition coefficient (Wildman–Crippen LogP) is 2.76. The molecule has 0 aromatic heterocycles. The summed E-state index contributed by atoms with van der Waals surface area (Å²) in [4.78, 5) is 14.6. The average molecular weight is 283 g/mol. The van der Waals surface area contributed by atoms with E-state index < -0.39 is 0 Å². The van der Waals surface area contributed by atoms with Crippen molar-refractivity contribution in [3.05, 3.63) is 29.8 Å². The van der Waals surface area contributed by atoms with Gasteiger partial charge in [0.2, 0.25) is 5.91 Å². The smallest absolute Gasteiger partial charge is 0.225 e. The third kappa shape index (κ3) is 4.05. The monoisotopic (exact) mass is 283 g/mol. The van der Waals surface area contributed by atoms with Crippen LogP contribution in [0.3, 0.4) is 0 Å². The second-order valence-electron chi connectivity index (χ2n) is 6.13. The quantitative estimate of drug-likeness (QED) is 0.837. The highest BCUT2D eigenvalue weighted by molar-refractivity contribution is 5.92. The van der Waals surface area contributed by atoms with Crippen molar-refractivity contribution < 1.29 is 4.79 Å². The maximum Gasteiger partial charge on any atom is 0.225 e. The largest absolute Gasteiger partial charge is 0.325 e. The zero-order valence-electron chi connectivity index (χ0n) is 12.2. The number of nitrogens with one attached hydrogen (secondary N) is 1. The van der Waals surface area contributed by atoms with Crippen molar-refractivity contribution in [2.24, 2.45) is 5.92 Å². The molecule has 2 aliphatic rings. The number of rotatable bonds is 7. The molecule has 0 aliphatic heterocycles. The normalized spacial score (nSPS) is 17.5. The third-order valence-electron chi connectivity index (χ3n) is 4.20. The first kappa shape index (κ1) is 14.1. The van der Waals surface area contributed by atoms with Crippen LogP contribution in [0.25, 0.3) is 0 Å². The second-order valence-corrected chi connectivity index (χ2v) is 6.13. The Bertz CT molecular complexity index is 555. The minimum Gasteiger partial charge on any atom is -0.325 e. The lowest BCUT2D eigenvalue weighted by Crippen LogP contribution is -2.31. The molecule has 0 heterocycles. The summed E-state index contributed by atoms with van der Waals surface area (Å²) >= 11 is 0. The van der Waals surface area contributed by atoms with E-state index in [0.717, 1.165) is 19.0 Å². The highest BCUT2D eigenvalue weighted by Crippen LogP contribution is 2.34. The summed E-state index contributed by atoms with van der Waals surface area (Å²) in [5.41, 5.74) is 1.13. The predicted molar refractivity (Wildman–Crippen MR) is 81.7 cm³/mol. The summed E-state index contributed by atoms with van der Waals surface area (Å²) in [6, 6.07) is 9.95. The van der Waals surface area contributed by atoms with Gasteiger partial charge in [-0.2, -0.15) is 5.26 Å². The maximum atomic E-state index is 12.1. The van der Waals surface area contributed by atoms with E-state index in [9.17, 15) is 4.79 Å². The Morgan fingerprint density at radius 1 is 1.29 bits per heavy atom. The van der Waals surface area contributed by atoms with Crippen LogP contribution < -0.4 is 5.32 Å². The molecule has 0 saturated heterocycles. The fourth-order valence-electron chi connectivity index (χ4n) is 2.64. The van der Waals surface area contributed by atoms with Crippen LogP contribution in [-0.4, -0.2) is 29.9 Å². The molecular weight excluding hydrogens is 262 g/mol. The Morgan fingerprint density at radius 3 is 2.71 bits per heavy atom. The van der Waals surface area contributed by atoms with Gasteiger partial charge in [0.25, 0.3) is 0 Å². The van der Waals surface area contributed by atoms with Crippen molar-refractivity contribution in [1.82, 2.24) is 4.90 Å². The topological polar surface area (TPSA) is 56.1 Å². The molecule has 0 unspecified atom stereocenters. The van der Waals surface area contributed by atoms with Crippen LogP contribution in [0.2, 0.25) is 0 Å². The first-order valence-electron chi connectivity index (χ1n) is 7.79. The lowest BCUT2D eigenvalue weighted by atomic mass is 10.2. The van der Waals surface area contributed by atoms with Crippen LogP contribution in [0.15, 0.2) is 24.3 Å². The molecule has 1 N–H and O–H groups in total. The average Bonchev–Trinajstić information content (AvgIpc) is 3.37. The van der Waals surface area contributed by atoms with Crippen molar-refractivity contribution in [2.45, 2.75) is 38.1 Å². The van der Waals surface area contributed by atoms with E-state index in [1.165, 1.54) is 25.7 Å². The molecule has 0 spiro atoms. The summed E-state index contributed by atoms with van der Waals surface area (Å²) in [5.74, 6) is 0.868. The van der Waals surface area contributed by atoms with Crippen molar-refractivity contribution >= 4 is 11.6 Å². The van der Waals surface area contributed by atoms with E-state index >= 15 is 0 Å². The van der Waals surface area contributed by atoms with Gasteiger partial charge in [-0.15, -0.1) is 0 Å². The number of amides is 1. The van der Waals surface area contributed by atoms with Crippen molar-refractivity contribution in [3.8, 4) is 6.07 Å². The number of hydrogen-bond acceptors (Lipinski definition) is 3. The van der Waals surface area contributed by atoms with E-state index in [-0.39, 0.29) is 5.91 Å². The second kappa shape index (κ2) is 6.28. The number of anilines is 1. The highest BCUT2D eigenvalue weighted by atomic mass is 16.1. The summed E-state index contributed by atoms with van der Waals surface area (Å²) in [5, 5.41) is 11.9. The first-order valence-corrected chi connectivity index (χ1v) is 7.79. The molecule has 3 rings (SSSR count). The molecule has 0 radical (unpaired) electrons. The van der Waals surface area contributed by atoms with Gasteiger partial charge in [0.05, 0.1) is 11.3 Å². The van der Waals surface area contributed by atoms with Gasteiger partial charge in [0.1, 0.15) is 6.07 Å². The summed E-state index contributed by atoms with van der Waals surface area (Å²) in [6.07, 6.45) is 5.77. The molecule has 1 amide bonds. The van der Waals surface area contributed by atoms with E-state index in [1.807, 2.05) is 6.07 Å². The fourth-order valence-corrected chi connectivity index (χ4v) is 2.64. The van der Waals surface area contributed by atoms with Crippen LogP contribution in [-0.2, 0) is 4.79 Å². The van der Waals surface area contributed by atoms with Gasteiger partial charge in [-0.25, -0.2) is 0 Å². The van der Waals surface area contributed by atoms with E-state index in [0.29, 0.717) is 23.7 Å². The van der Waals surface area contributed by atoms with Crippen LogP contribution in [0, 0.1) is 17.2 Å². The third-order valence-corrected chi connectivity index (χ3v) is 4.20. The van der Waals surface area contributed by atoms with E-state index in [1.54, 1.807) is 18.2 Å². The fraction of sp³-hybridized carbons (Fsp3) is 0.529. The molecule has 0 atom stereocenters. The standard InChI is InChI=1S/C17H21N3O/c18-11-14-3-1-2-4-16(14)19-17(21)9-10-20(15-7-8-15)12-13-5-6-13/h1-4,13,15H,5-10,12H2,(H,19,21). The van der Waals surface area contributed by atoms with Gasteiger partial charge in [-0.3, -0.25) is 9.69 Å². The molecule has 21 heavy (non-hydrogen) atoms. The lowest BCUT2D eigenvalue weighted by Gasteiger charge is -2.21. The van der Waals surface area contributed by atoms with Gasteiger partial charge in [-0.1, -0.05) is 12.1 Å². The van der Waals surface area contributed by atoms with E-state index in [2.05, 4.69) is 16.3 Å². The van der Waals surface area contributed by atoms with Gasteiger partial charge in [-0.05, 0) is 43.7 Å². The summed E-state index contributed by atoms with van der Waals surface area (Å²) in [6.45, 7) is 1.99. The SMILES string of the molecule is N#Cc1ccccc1NC(=O)CCN(CC1CC1)C1CC1. The molecule has 2 fully saturated rings. The number of carbonyl (C=O) groups excluding carboxylic acids is 1. The van der Waals surface area contributed by atoms with Gasteiger partial charge in [0.15, 0.2) is 0 Å². The molecule has 2 aliphatic carbocycles. The van der Waals surface area contributed by atoms with Crippen LogP contribution in [0.5, 0.6) is 0 Å².